The van der Waals surface area contributed by atoms with Crippen molar-refractivity contribution in [3.8, 4) is 5.88 Å². The Hall–Kier alpha value is -2.08. The third-order valence-corrected chi connectivity index (χ3v) is 6.74. The standard InChI is InChI=1S/C24H26Cl2N4O/c1-29-14-17-13-18(25)7-10-20(17)30-21(11-12-27-23(30)15-29)16-5-8-19(9-6-16)31-24-4-2-3-22(26)28-24/h2-4,7,10-11,13,16,19H,5-6,8-9,12,14-15H2,1H3. The highest BCUT2D eigenvalue weighted by Crippen LogP contribution is 2.39. The Bertz CT molecular complexity index is 1030. The number of nitrogens with zero attached hydrogens (tertiary/aromatic N) is 4. The highest BCUT2D eigenvalue weighted by molar-refractivity contribution is 6.30. The zero-order valence-corrected chi connectivity index (χ0v) is 19.1. The van der Waals surface area contributed by atoms with E-state index in [9.17, 15) is 0 Å². The third kappa shape index (κ3) is 4.45. The molecule has 7 heteroatoms. The molecule has 31 heavy (non-hydrogen) atoms. The summed E-state index contributed by atoms with van der Waals surface area (Å²) in [7, 11) is 2.14. The minimum Gasteiger partial charge on any atom is -0.474 e. The number of hydrogen-bond acceptors (Lipinski definition) is 5. The first-order valence-electron chi connectivity index (χ1n) is 10.9. The number of aromatic nitrogens is 1. The molecule has 0 unspecified atom stereocenters. The number of anilines is 1. The summed E-state index contributed by atoms with van der Waals surface area (Å²) in [4.78, 5) is 13.8. The van der Waals surface area contributed by atoms with Gasteiger partial charge in [0.1, 0.15) is 17.1 Å². The van der Waals surface area contributed by atoms with E-state index in [4.69, 9.17) is 32.9 Å². The van der Waals surface area contributed by atoms with Gasteiger partial charge in [-0.3, -0.25) is 9.89 Å². The fourth-order valence-corrected chi connectivity index (χ4v) is 5.24. The summed E-state index contributed by atoms with van der Waals surface area (Å²) in [5.41, 5.74) is 3.83. The van der Waals surface area contributed by atoms with E-state index in [-0.39, 0.29) is 6.10 Å². The number of amidine groups is 1. The minimum absolute atomic E-state index is 0.181. The molecule has 162 valence electrons. The molecule has 1 aliphatic carbocycles. The lowest BCUT2D eigenvalue weighted by Gasteiger charge is -2.38. The molecular weight excluding hydrogens is 431 g/mol. The maximum atomic E-state index is 6.32. The summed E-state index contributed by atoms with van der Waals surface area (Å²) >= 11 is 12.3. The van der Waals surface area contributed by atoms with Gasteiger partial charge in [-0.25, -0.2) is 4.98 Å². The molecule has 1 saturated carbocycles. The summed E-state index contributed by atoms with van der Waals surface area (Å²) in [5.74, 6) is 2.23. The van der Waals surface area contributed by atoms with Crippen molar-refractivity contribution in [2.45, 2.75) is 38.3 Å². The van der Waals surface area contributed by atoms with Gasteiger partial charge in [-0.1, -0.05) is 29.3 Å². The van der Waals surface area contributed by atoms with Crippen LogP contribution in [0.4, 0.5) is 5.69 Å². The first-order valence-corrected chi connectivity index (χ1v) is 11.6. The van der Waals surface area contributed by atoms with Crippen molar-refractivity contribution in [2.24, 2.45) is 10.9 Å². The van der Waals surface area contributed by atoms with Crippen molar-refractivity contribution < 1.29 is 4.74 Å². The molecule has 0 radical (unpaired) electrons. The second-order valence-electron chi connectivity index (χ2n) is 8.56. The molecule has 2 aromatic rings. The van der Waals surface area contributed by atoms with Crippen LogP contribution in [0.5, 0.6) is 5.88 Å². The monoisotopic (exact) mass is 456 g/mol. The van der Waals surface area contributed by atoms with Crippen LogP contribution in [0.15, 0.2) is 53.2 Å². The number of rotatable bonds is 3. The van der Waals surface area contributed by atoms with E-state index >= 15 is 0 Å². The molecule has 1 aromatic carbocycles. The van der Waals surface area contributed by atoms with E-state index in [2.05, 4.69) is 40.0 Å². The molecule has 3 aliphatic rings. The second-order valence-corrected chi connectivity index (χ2v) is 9.38. The van der Waals surface area contributed by atoms with Gasteiger partial charge in [-0.2, -0.15) is 0 Å². The predicted molar refractivity (Wildman–Crippen MR) is 126 cm³/mol. The van der Waals surface area contributed by atoms with Crippen LogP contribution in [0, 0.1) is 5.92 Å². The zero-order valence-electron chi connectivity index (χ0n) is 17.6. The first-order chi connectivity index (χ1) is 15.1. The van der Waals surface area contributed by atoms with Gasteiger partial charge in [-0.05, 0) is 74.6 Å². The van der Waals surface area contributed by atoms with Crippen LogP contribution in [-0.2, 0) is 6.54 Å². The Labute approximate surface area is 193 Å². The lowest BCUT2D eigenvalue weighted by atomic mass is 9.84. The quantitative estimate of drug-likeness (QED) is 0.565. The van der Waals surface area contributed by atoms with E-state index < -0.39 is 0 Å². The van der Waals surface area contributed by atoms with Crippen molar-refractivity contribution >= 4 is 34.7 Å². The number of fused-ring (bicyclic) bond motifs is 3. The Balaban J connectivity index is 1.34. The van der Waals surface area contributed by atoms with Crippen LogP contribution in [0.25, 0.3) is 0 Å². The average Bonchev–Trinajstić information content (AvgIpc) is 2.89. The zero-order chi connectivity index (χ0) is 21.4. The fourth-order valence-electron chi connectivity index (χ4n) is 4.89. The van der Waals surface area contributed by atoms with Crippen molar-refractivity contribution in [2.75, 3.05) is 25.0 Å². The molecule has 1 aromatic heterocycles. The van der Waals surface area contributed by atoms with Gasteiger partial charge in [0.2, 0.25) is 5.88 Å². The van der Waals surface area contributed by atoms with Gasteiger partial charge in [0, 0.05) is 23.3 Å². The van der Waals surface area contributed by atoms with Gasteiger partial charge >= 0.3 is 0 Å². The summed E-state index contributed by atoms with van der Waals surface area (Å²) < 4.78 is 6.11. The van der Waals surface area contributed by atoms with Gasteiger partial charge in [0.05, 0.1) is 18.8 Å². The summed E-state index contributed by atoms with van der Waals surface area (Å²) in [6, 6.07) is 11.7. The molecule has 3 heterocycles. The molecule has 1 fully saturated rings. The molecule has 0 spiro atoms. The number of hydrogen-bond donors (Lipinski definition) is 0. The van der Waals surface area contributed by atoms with Gasteiger partial charge < -0.3 is 9.64 Å². The maximum Gasteiger partial charge on any atom is 0.214 e. The van der Waals surface area contributed by atoms with Crippen LogP contribution >= 0.6 is 23.2 Å². The Kier molecular flexibility index (Phi) is 5.91. The summed E-state index contributed by atoms with van der Waals surface area (Å²) in [5, 5.41) is 1.25. The van der Waals surface area contributed by atoms with Crippen LogP contribution in [0.3, 0.4) is 0 Å². The van der Waals surface area contributed by atoms with Crippen molar-refractivity contribution in [1.29, 1.82) is 0 Å². The molecule has 5 nitrogen and oxygen atoms in total. The third-order valence-electron chi connectivity index (χ3n) is 6.29. The van der Waals surface area contributed by atoms with E-state index in [0.717, 1.165) is 56.2 Å². The van der Waals surface area contributed by atoms with Crippen LogP contribution in [0.1, 0.15) is 31.2 Å². The van der Waals surface area contributed by atoms with E-state index in [1.807, 2.05) is 18.2 Å². The van der Waals surface area contributed by atoms with Crippen LogP contribution < -0.4 is 9.64 Å². The lowest BCUT2D eigenvalue weighted by molar-refractivity contribution is 0.133. The summed E-state index contributed by atoms with van der Waals surface area (Å²) in [6.45, 7) is 2.45. The molecule has 0 amide bonds. The largest absolute Gasteiger partial charge is 0.474 e. The minimum atomic E-state index is 0.181. The Morgan fingerprint density at radius 1 is 1.03 bits per heavy atom. The molecule has 0 N–H and O–H groups in total. The normalized spacial score (nSPS) is 23.9. The highest BCUT2D eigenvalue weighted by atomic mass is 35.5. The SMILES string of the molecule is CN1CC2=NCC=C(C3CCC(Oc4cccc(Cl)n4)CC3)N2c2ccc(Cl)cc2C1. The molecule has 2 aliphatic heterocycles. The molecule has 5 rings (SSSR count). The Morgan fingerprint density at radius 3 is 2.68 bits per heavy atom. The average molecular weight is 457 g/mol. The highest BCUT2D eigenvalue weighted by Gasteiger charge is 2.34. The number of allylic oxidation sites excluding steroid dienone is 1. The predicted octanol–water partition coefficient (Wildman–Crippen LogP) is 5.57. The van der Waals surface area contributed by atoms with Gasteiger partial charge in [-0.15, -0.1) is 0 Å². The van der Waals surface area contributed by atoms with E-state index in [0.29, 0.717) is 17.0 Å². The van der Waals surface area contributed by atoms with Crippen molar-refractivity contribution in [1.82, 2.24) is 9.88 Å². The number of halogens is 2. The van der Waals surface area contributed by atoms with Crippen LogP contribution in [0.2, 0.25) is 10.2 Å². The molecule has 0 atom stereocenters. The smallest absolute Gasteiger partial charge is 0.214 e. The van der Waals surface area contributed by atoms with E-state index in [1.165, 1.54) is 16.9 Å². The Morgan fingerprint density at radius 2 is 1.87 bits per heavy atom. The van der Waals surface area contributed by atoms with Gasteiger partial charge in [0.15, 0.2) is 0 Å². The molecule has 0 saturated heterocycles. The van der Waals surface area contributed by atoms with Crippen LogP contribution in [-0.4, -0.2) is 42.0 Å². The number of aliphatic imine (C=N–C) groups is 1. The number of ether oxygens (including phenoxy) is 1. The fraction of sp³-hybridized carbons (Fsp3) is 0.417. The number of pyridine rings is 1. The van der Waals surface area contributed by atoms with Crippen molar-refractivity contribution in [3.63, 3.8) is 0 Å². The molecule has 0 bridgehead atoms. The molecular formula is C24H26Cl2N4O. The van der Waals surface area contributed by atoms with Crippen molar-refractivity contribution in [3.05, 3.63) is 63.9 Å². The van der Waals surface area contributed by atoms with Gasteiger partial charge in [0.25, 0.3) is 0 Å². The maximum absolute atomic E-state index is 6.32. The second kappa shape index (κ2) is 8.81. The summed E-state index contributed by atoms with van der Waals surface area (Å²) in [6.07, 6.45) is 6.66. The number of likely N-dealkylation sites (N-methyl/N-ethyl adjacent to an activating group) is 1. The number of benzene rings is 1. The first kappa shape index (κ1) is 20.8. The lowest BCUT2D eigenvalue weighted by Crippen LogP contribution is -2.41. The topological polar surface area (TPSA) is 41.0 Å². The van der Waals surface area contributed by atoms with E-state index in [1.54, 1.807) is 6.07 Å².